The molecule has 0 aromatic carbocycles. The van der Waals surface area contributed by atoms with E-state index in [0.717, 1.165) is 4.88 Å². The van der Waals surface area contributed by atoms with Crippen LogP contribution in [0.3, 0.4) is 0 Å². The average Bonchev–Trinajstić information content (AvgIpc) is 2.18. The van der Waals surface area contributed by atoms with Crippen LogP contribution in [0.4, 0.5) is 5.82 Å². The number of aromatic nitrogens is 1. The minimum absolute atomic E-state index is 0.566. The lowest BCUT2D eigenvalue weighted by Crippen LogP contribution is -1.91. The van der Waals surface area contributed by atoms with E-state index in [-0.39, 0.29) is 0 Å². The first-order chi connectivity index (χ1) is 4.34. The van der Waals surface area contributed by atoms with Crippen LogP contribution in [0.25, 0.3) is 0 Å². The maximum Gasteiger partial charge on any atom is 0.139 e. The molecule has 0 amide bonds. The van der Waals surface area contributed by atoms with Crippen molar-refractivity contribution in [3.63, 3.8) is 0 Å². The molecule has 0 spiro atoms. The van der Waals surface area contributed by atoms with Crippen molar-refractivity contribution in [3.8, 4) is 0 Å². The van der Waals surface area contributed by atoms with E-state index in [9.17, 15) is 0 Å². The van der Waals surface area contributed by atoms with Gasteiger partial charge in [-0.3, -0.25) is 0 Å². The SMILES string of the molecule is COCc1scnc1N. The highest BCUT2D eigenvalue weighted by molar-refractivity contribution is 7.10. The van der Waals surface area contributed by atoms with Crippen LogP contribution in [0.5, 0.6) is 0 Å². The van der Waals surface area contributed by atoms with Crippen molar-refractivity contribution >= 4 is 17.2 Å². The van der Waals surface area contributed by atoms with Gasteiger partial charge < -0.3 is 10.5 Å². The van der Waals surface area contributed by atoms with Crippen LogP contribution in [-0.4, -0.2) is 12.1 Å². The van der Waals surface area contributed by atoms with Gasteiger partial charge in [0.1, 0.15) is 5.82 Å². The Morgan fingerprint density at radius 1 is 1.89 bits per heavy atom. The summed E-state index contributed by atoms with van der Waals surface area (Å²) in [6.45, 7) is 0.566. The summed E-state index contributed by atoms with van der Waals surface area (Å²) in [7, 11) is 1.64. The Kier molecular flexibility index (Phi) is 2.02. The zero-order valence-corrected chi connectivity index (χ0v) is 5.94. The minimum atomic E-state index is 0.566. The van der Waals surface area contributed by atoms with Gasteiger partial charge in [-0.25, -0.2) is 4.98 Å². The van der Waals surface area contributed by atoms with E-state index >= 15 is 0 Å². The molecule has 0 aliphatic rings. The van der Waals surface area contributed by atoms with Crippen LogP contribution in [0, 0.1) is 0 Å². The molecule has 0 atom stereocenters. The number of nitrogens with two attached hydrogens (primary N) is 1. The molecule has 0 bridgehead atoms. The summed E-state index contributed by atoms with van der Waals surface area (Å²) in [6.07, 6.45) is 0. The fourth-order valence-electron chi connectivity index (χ4n) is 0.518. The van der Waals surface area contributed by atoms with Crippen LogP contribution in [-0.2, 0) is 11.3 Å². The normalized spacial score (nSPS) is 9.89. The Labute approximate surface area is 57.5 Å². The minimum Gasteiger partial charge on any atom is -0.383 e. The fourth-order valence-corrected chi connectivity index (χ4v) is 1.17. The number of ether oxygens (including phenoxy) is 1. The highest BCUT2D eigenvalue weighted by Gasteiger charge is 1.98. The average molecular weight is 144 g/mol. The first kappa shape index (κ1) is 6.51. The Morgan fingerprint density at radius 3 is 3.11 bits per heavy atom. The van der Waals surface area contributed by atoms with E-state index in [1.807, 2.05) is 0 Å². The van der Waals surface area contributed by atoms with Crippen LogP contribution in [0.2, 0.25) is 0 Å². The van der Waals surface area contributed by atoms with Crippen molar-refractivity contribution in [1.82, 2.24) is 4.98 Å². The lowest BCUT2D eigenvalue weighted by Gasteiger charge is -1.92. The Morgan fingerprint density at radius 2 is 2.67 bits per heavy atom. The van der Waals surface area contributed by atoms with Crippen LogP contribution < -0.4 is 5.73 Å². The number of hydrogen-bond donors (Lipinski definition) is 1. The largest absolute Gasteiger partial charge is 0.383 e. The lowest BCUT2D eigenvalue weighted by molar-refractivity contribution is 0.188. The van der Waals surface area contributed by atoms with E-state index in [4.69, 9.17) is 10.5 Å². The van der Waals surface area contributed by atoms with Crippen molar-refractivity contribution in [2.75, 3.05) is 12.8 Å². The summed E-state index contributed by atoms with van der Waals surface area (Å²) in [5, 5.41) is 0. The molecule has 1 rings (SSSR count). The second kappa shape index (κ2) is 2.80. The maximum absolute atomic E-state index is 5.45. The first-order valence-corrected chi connectivity index (χ1v) is 3.39. The molecule has 1 aromatic rings. The molecule has 0 saturated heterocycles. The molecular formula is C5H8N2OS. The number of anilines is 1. The zero-order valence-electron chi connectivity index (χ0n) is 5.13. The van der Waals surface area contributed by atoms with Gasteiger partial charge in [-0.05, 0) is 0 Å². The third-order valence-electron chi connectivity index (χ3n) is 0.948. The first-order valence-electron chi connectivity index (χ1n) is 2.51. The molecule has 0 fully saturated rings. The number of hydrogen-bond acceptors (Lipinski definition) is 4. The van der Waals surface area contributed by atoms with Crippen molar-refractivity contribution in [1.29, 1.82) is 0 Å². The Hall–Kier alpha value is -0.610. The smallest absolute Gasteiger partial charge is 0.139 e. The summed E-state index contributed by atoms with van der Waals surface area (Å²) in [5.41, 5.74) is 7.16. The highest BCUT2D eigenvalue weighted by atomic mass is 32.1. The van der Waals surface area contributed by atoms with Gasteiger partial charge in [-0.1, -0.05) is 0 Å². The second-order valence-corrected chi connectivity index (χ2v) is 2.53. The number of nitrogens with zero attached hydrogens (tertiary/aromatic N) is 1. The van der Waals surface area contributed by atoms with Crippen LogP contribution in [0.15, 0.2) is 5.51 Å². The number of methoxy groups -OCH3 is 1. The summed E-state index contributed by atoms with van der Waals surface area (Å²) >= 11 is 1.51. The van der Waals surface area contributed by atoms with Crippen molar-refractivity contribution in [2.24, 2.45) is 0 Å². The topological polar surface area (TPSA) is 48.1 Å². The van der Waals surface area contributed by atoms with Gasteiger partial charge in [0.05, 0.1) is 17.0 Å². The second-order valence-electron chi connectivity index (χ2n) is 1.59. The predicted molar refractivity (Wildman–Crippen MR) is 37.2 cm³/mol. The molecule has 0 aliphatic carbocycles. The van der Waals surface area contributed by atoms with Crippen LogP contribution in [0.1, 0.15) is 4.88 Å². The molecule has 0 radical (unpaired) electrons. The standard InChI is InChI=1S/C5H8N2OS/c1-8-2-4-5(6)7-3-9-4/h3H,2,6H2,1H3. The summed E-state index contributed by atoms with van der Waals surface area (Å²) in [5.74, 6) is 0.585. The number of nitrogen functional groups attached to an aromatic ring is 1. The van der Waals surface area contributed by atoms with Gasteiger partial charge in [0.2, 0.25) is 0 Å². The van der Waals surface area contributed by atoms with Crippen molar-refractivity contribution in [2.45, 2.75) is 6.61 Å². The van der Waals surface area contributed by atoms with Crippen molar-refractivity contribution in [3.05, 3.63) is 10.4 Å². The molecule has 1 aromatic heterocycles. The summed E-state index contributed by atoms with van der Waals surface area (Å²) < 4.78 is 4.86. The molecule has 2 N–H and O–H groups in total. The van der Waals surface area contributed by atoms with E-state index < -0.39 is 0 Å². The molecular weight excluding hydrogens is 136 g/mol. The fraction of sp³-hybridized carbons (Fsp3) is 0.400. The van der Waals surface area contributed by atoms with E-state index in [1.165, 1.54) is 11.3 Å². The van der Waals surface area contributed by atoms with E-state index in [1.54, 1.807) is 12.6 Å². The van der Waals surface area contributed by atoms with Crippen LogP contribution >= 0.6 is 11.3 Å². The van der Waals surface area contributed by atoms with Gasteiger partial charge in [0, 0.05) is 7.11 Å². The van der Waals surface area contributed by atoms with Gasteiger partial charge in [-0.15, -0.1) is 11.3 Å². The molecule has 3 nitrogen and oxygen atoms in total. The maximum atomic E-state index is 5.45. The van der Waals surface area contributed by atoms with Gasteiger partial charge >= 0.3 is 0 Å². The van der Waals surface area contributed by atoms with E-state index in [0.29, 0.717) is 12.4 Å². The number of rotatable bonds is 2. The quantitative estimate of drug-likeness (QED) is 0.670. The summed E-state index contributed by atoms with van der Waals surface area (Å²) in [6, 6.07) is 0. The Bertz CT molecular complexity index is 187. The van der Waals surface area contributed by atoms with Gasteiger partial charge in [0.15, 0.2) is 0 Å². The molecule has 9 heavy (non-hydrogen) atoms. The van der Waals surface area contributed by atoms with Gasteiger partial charge in [-0.2, -0.15) is 0 Å². The zero-order chi connectivity index (χ0) is 6.69. The number of thiazole rings is 1. The summed E-state index contributed by atoms with van der Waals surface area (Å²) in [4.78, 5) is 4.85. The molecule has 1 heterocycles. The predicted octanol–water partition coefficient (Wildman–Crippen LogP) is 0.872. The lowest BCUT2D eigenvalue weighted by atomic mass is 10.5. The van der Waals surface area contributed by atoms with Crippen molar-refractivity contribution < 1.29 is 4.74 Å². The molecule has 0 saturated carbocycles. The third kappa shape index (κ3) is 1.40. The highest BCUT2D eigenvalue weighted by Crippen LogP contribution is 2.14. The Balaban J connectivity index is 2.69. The molecule has 4 heteroatoms. The molecule has 0 aliphatic heterocycles. The molecule has 50 valence electrons. The third-order valence-corrected chi connectivity index (χ3v) is 1.77. The monoisotopic (exact) mass is 144 g/mol. The molecule has 0 unspecified atom stereocenters. The van der Waals surface area contributed by atoms with E-state index in [2.05, 4.69) is 4.98 Å². The van der Waals surface area contributed by atoms with Gasteiger partial charge in [0.25, 0.3) is 0 Å².